The molecule has 7 heteroatoms. The van der Waals surface area contributed by atoms with Crippen molar-refractivity contribution in [2.24, 2.45) is 0 Å². The van der Waals surface area contributed by atoms with Crippen molar-refractivity contribution < 1.29 is 27.8 Å². The van der Waals surface area contributed by atoms with E-state index in [1.165, 1.54) is 12.1 Å². The first-order chi connectivity index (χ1) is 11.8. The molecule has 0 radical (unpaired) electrons. The molecule has 2 rings (SSSR count). The first kappa shape index (κ1) is 18.4. The molecule has 0 unspecified atom stereocenters. The van der Waals surface area contributed by atoms with Crippen LogP contribution >= 0.6 is 0 Å². The zero-order valence-electron chi connectivity index (χ0n) is 13.7. The van der Waals surface area contributed by atoms with Gasteiger partial charge < -0.3 is 14.8 Å². The van der Waals surface area contributed by atoms with Gasteiger partial charge in [-0.2, -0.15) is 0 Å². The second kappa shape index (κ2) is 8.23. The first-order valence-corrected chi connectivity index (χ1v) is 7.53. The standard InChI is InChI=1S/C18H17F2NO4/c1-11(2)25-16-5-3-12(4-6-16)18(23)24-10-17(22)21-15-8-13(19)7-14(20)9-15/h3-9,11H,10H2,1-2H3,(H,21,22). The van der Waals surface area contributed by atoms with Crippen LogP contribution in [0.1, 0.15) is 24.2 Å². The largest absolute Gasteiger partial charge is 0.491 e. The third-order valence-corrected chi connectivity index (χ3v) is 2.94. The molecule has 0 saturated carbocycles. The molecule has 0 atom stereocenters. The Kier molecular flexibility index (Phi) is 6.05. The Labute approximate surface area is 143 Å². The summed E-state index contributed by atoms with van der Waals surface area (Å²) >= 11 is 0. The lowest BCUT2D eigenvalue weighted by molar-refractivity contribution is -0.119. The van der Waals surface area contributed by atoms with Crippen molar-refractivity contribution in [2.45, 2.75) is 20.0 Å². The topological polar surface area (TPSA) is 64.6 Å². The highest BCUT2D eigenvalue weighted by Crippen LogP contribution is 2.15. The minimum absolute atomic E-state index is 0.00848. The van der Waals surface area contributed by atoms with Gasteiger partial charge in [-0.25, -0.2) is 13.6 Å². The van der Waals surface area contributed by atoms with E-state index >= 15 is 0 Å². The third-order valence-electron chi connectivity index (χ3n) is 2.94. The number of ether oxygens (including phenoxy) is 2. The van der Waals surface area contributed by atoms with Gasteiger partial charge >= 0.3 is 5.97 Å². The summed E-state index contributed by atoms with van der Waals surface area (Å²) < 4.78 is 36.4. The van der Waals surface area contributed by atoms with E-state index in [1.807, 2.05) is 13.8 Å². The number of halogens is 2. The molecular formula is C18H17F2NO4. The fraction of sp³-hybridized carbons (Fsp3) is 0.222. The molecule has 0 bridgehead atoms. The number of anilines is 1. The summed E-state index contributed by atoms with van der Waals surface area (Å²) in [5, 5.41) is 2.24. The highest BCUT2D eigenvalue weighted by Gasteiger charge is 2.11. The van der Waals surface area contributed by atoms with Gasteiger partial charge in [0, 0.05) is 11.8 Å². The predicted molar refractivity (Wildman–Crippen MR) is 87.5 cm³/mol. The molecule has 0 heterocycles. The average molecular weight is 349 g/mol. The highest BCUT2D eigenvalue weighted by atomic mass is 19.1. The molecule has 0 spiro atoms. The summed E-state index contributed by atoms with van der Waals surface area (Å²) in [6, 6.07) is 8.85. The van der Waals surface area contributed by atoms with Gasteiger partial charge in [-0.3, -0.25) is 4.79 Å². The maximum absolute atomic E-state index is 13.0. The fourth-order valence-corrected chi connectivity index (χ4v) is 1.98. The highest BCUT2D eigenvalue weighted by molar-refractivity contribution is 5.95. The summed E-state index contributed by atoms with van der Waals surface area (Å²) in [7, 11) is 0. The van der Waals surface area contributed by atoms with E-state index in [-0.39, 0.29) is 17.4 Å². The Hall–Kier alpha value is -2.96. The van der Waals surface area contributed by atoms with E-state index in [9.17, 15) is 18.4 Å². The van der Waals surface area contributed by atoms with Crippen LogP contribution in [0.4, 0.5) is 14.5 Å². The third kappa shape index (κ3) is 5.87. The molecule has 5 nitrogen and oxygen atoms in total. The van der Waals surface area contributed by atoms with Crippen molar-refractivity contribution in [1.29, 1.82) is 0 Å². The van der Waals surface area contributed by atoms with Gasteiger partial charge in [-0.05, 0) is 50.2 Å². The quantitative estimate of drug-likeness (QED) is 0.810. The van der Waals surface area contributed by atoms with Gasteiger partial charge in [0.2, 0.25) is 0 Å². The van der Waals surface area contributed by atoms with E-state index in [2.05, 4.69) is 5.32 Å². The second-order valence-corrected chi connectivity index (χ2v) is 5.47. The second-order valence-electron chi connectivity index (χ2n) is 5.47. The molecule has 0 saturated heterocycles. The van der Waals surface area contributed by atoms with Crippen molar-refractivity contribution in [1.82, 2.24) is 0 Å². The number of hydrogen-bond acceptors (Lipinski definition) is 4. The van der Waals surface area contributed by atoms with Crippen molar-refractivity contribution in [3.63, 3.8) is 0 Å². The first-order valence-electron chi connectivity index (χ1n) is 7.53. The van der Waals surface area contributed by atoms with Crippen LogP contribution in [0.5, 0.6) is 5.75 Å². The molecule has 2 aromatic rings. The Morgan fingerprint density at radius 1 is 1.04 bits per heavy atom. The molecule has 2 aromatic carbocycles. The van der Waals surface area contributed by atoms with Gasteiger partial charge in [0.25, 0.3) is 5.91 Å². The number of hydrogen-bond donors (Lipinski definition) is 1. The lowest BCUT2D eigenvalue weighted by atomic mass is 10.2. The average Bonchev–Trinajstić information content (AvgIpc) is 2.51. The molecule has 25 heavy (non-hydrogen) atoms. The van der Waals surface area contributed by atoms with Crippen molar-refractivity contribution in [3.8, 4) is 5.75 Å². The number of amides is 1. The van der Waals surface area contributed by atoms with E-state index in [0.717, 1.165) is 12.1 Å². The number of esters is 1. The van der Waals surface area contributed by atoms with Crippen LogP contribution in [0.15, 0.2) is 42.5 Å². The minimum Gasteiger partial charge on any atom is -0.491 e. The molecule has 132 valence electrons. The number of carbonyl (C=O) groups excluding carboxylic acids is 2. The fourth-order valence-electron chi connectivity index (χ4n) is 1.98. The minimum atomic E-state index is -0.823. The van der Waals surface area contributed by atoms with Crippen LogP contribution in [0.25, 0.3) is 0 Å². The van der Waals surface area contributed by atoms with E-state index in [4.69, 9.17) is 9.47 Å². The molecule has 1 N–H and O–H groups in total. The molecule has 0 aromatic heterocycles. The molecule has 1 amide bonds. The van der Waals surface area contributed by atoms with Crippen LogP contribution in [0.2, 0.25) is 0 Å². The lowest BCUT2D eigenvalue weighted by Crippen LogP contribution is -2.21. The summed E-state index contributed by atoms with van der Waals surface area (Å²) in [6.07, 6.45) is 0.00848. The Morgan fingerprint density at radius 3 is 2.20 bits per heavy atom. The summed E-state index contributed by atoms with van der Waals surface area (Å²) in [5.41, 5.74) is 0.189. The SMILES string of the molecule is CC(C)Oc1ccc(C(=O)OCC(=O)Nc2cc(F)cc(F)c2)cc1. The Balaban J connectivity index is 1.87. The van der Waals surface area contributed by atoms with Crippen molar-refractivity contribution in [3.05, 3.63) is 59.7 Å². The zero-order valence-corrected chi connectivity index (χ0v) is 13.7. The predicted octanol–water partition coefficient (Wildman–Crippen LogP) is 3.55. The van der Waals surface area contributed by atoms with E-state index in [1.54, 1.807) is 12.1 Å². The van der Waals surface area contributed by atoms with Crippen LogP contribution in [-0.4, -0.2) is 24.6 Å². The van der Waals surface area contributed by atoms with Gasteiger partial charge in [0.05, 0.1) is 11.7 Å². The maximum Gasteiger partial charge on any atom is 0.338 e. The van der Waals surface area contributed by atoms with Gasteiger partial charge in [0.15, 0.2) is 6.61 Å². The zero-order chi connectivity index (χ0) is 18.4. The van der Waals surface area contributed by atoms with E-state index in [0.29, 0.717) is 11.8 Å². The number of benzene rings is 2. The lowest BCUT2D eigenvalue weighted by Gasteiger charge is -2.10. The summed E-state index contributed by atoms with van der Waals surface area (Å²) in [5.74, 6) is -2.45. The summed E-state index contributed by atoms with van der Waals surface area (Å²) in [6.45, 7) is 3.18. The molecule has 0 aliphatic rings. The smallest absolute Gasteiger partial charge is 0.338 e. The van der Waals surface area contributed by atoms with Crippen molar-refractivity contribution in [2.75, 3.05) is 11.9 Å². The Morgan fingerprint density at radius 2 is 1.64 bits per heavy atom. The van der Waals surface area contributed by atoms with Crippen LogP contribution in [0.3, 0.4) is 0 Å². The summed E-state index contributed by atoms with van der Waals surface area (Å²) in [4.78, 5) is 23.6. The number of rotatable bonds is 6. The van der Waals surface area contributed by atoms with Crippen LogP contribution in [-0.2, 0) is 9.53 Å². The van der Waals surface area contributed by atoms with Crippen LogP contribution < -0.4 is 10.1 Å². The monoisotopic (exact) mass is 349 g/mol. The van der Waals surface area contributed by atoms with Gasteiger partial charge in [0.1, 0.15) is 17.4 Å². The molecular weight excluding hydrogens is 332 g/mol. The Bertz CT molecular complexity index is 740. The molecule has 0 aliphatic heterocycles. The van der Waals surface area contributed by atoms with Gasteiger partial charge in [-0.1, -0.05) is 0 Å². The number of carbonyl (C=O) groups is 2. The van der Waals surface area contributed by atoms with Crippen LogP contribution in [0, 0.1) is 11.6 Å². The molecule has 0 fully saturated rings. The maximum atomic E-state index is 13.0. The number of nitrogens with one attached hydrogen (secondary N) is 1. The van der Waals surface area contributed by atoms with E-state index < -0.39 is 30.1 Å². The molecule has 0 aliphatic carbocycles. The van der Waals surface area contributed by atoms with Crippen molar-refractivity contribution >= 4 is 17.6 Å². The normalized spacial score (nSPS) is 10.4. The van der Waals surface area contributed by atoms with Gasteiger partial charge in [-0.15, -0.1) is 0 Å².